The highest BCUT2D eigenvalue weighted by atomic mass is 16.9. The summed E-state index contributed by atoms with van der Waals surface area (Å²) in [6.07, 6.45) is 0.831. The predicted molar refractivity (Wildman–Crippen MR) is 41.2 cm³/mol. The molecule has 0 heterocycles. The molecule has 6 nitrogen and oxygen atoms in total. The zero-order valence-electron chi connectivity index (χ0n) is 5.86. The molecule has 0 bridgehead atoms. The molecule has 0 aliphatic heterocycles. The van der Waals surface area contributed by atoms with Gasteiger partial charge in [0.1, 0.15) is 0 Å². The number of nitrogens with zero attached hydrogens (tertiary/aromatic N) is 1. The highest BCUT2D eigenvalue weighted by Crippen LogP contribution is 1.95. The summed E-state index contributed by atoms with van der Waals surface area (Å²) in [6.45, 7) is -0.0275. The Labute approximate surface area is 70.2 Å². The number of rotatable bonds is 6. The lowest BCUT2D eigenvalue weighted by molar-refractivity contribution is -0.757. The van der Waals surface area contributed by atoms with Crippen molar-refractivity contribution in [2.24, 2.45) is 0 Å². The molecule has 6 heteroatoms. The molecule has 0 aliphatic carbocycles. The second kappa shape index (κ2) is 7.77. The average Bonchev–Trinajstić information content (AvgIpc) is 1.85. The van der Waals surface area contributed by atoms with Crippen molar-refractivity contribution in [2.45, 2.75) is 26.7 Å². The molecule has 0 aromatic rings. The van der Waals surface area contributed by atoms with E-state index in [1.807, 2.05) is 0 Å². The van der Waals surface area contributed by atoms with Crippen LogP contribution in [-0.4, -0.2) is 22.8 Å². The van der Waals surface area contributed by atoms with Crippen LogP contribution in [0.15, 0.2) is 0 Å². The van der Waals surface area contributed by atoms with Gasteiger partial charge in [0.2, 0.25) is 0 Å². The van der Waals surface area contributed by atoms with E-state index >= 15 is 0 Å². The minimum absolute atomic E-state index is 0. The molecular formula is C6H13NO5. The molecule has 0 unspecified atom stereocenters. The van der Waals surface area contributed by atoms with Crippen LogP contribution in [0.2, 0.25) is 0 Å². The van der Waals surface area contributed by atoms with Gasteiger partial charge in [0, 0.05) is 6.42 Å². The smallest absolute Gasteiger partial charge is 0.303 e. The van der Waals surface area contributed by atoms with Crippen LogP contribution in [0.1, 0.15) is 26.7 Å². The van der Waals surface area contributed by atoms with E-state index in [1.54, 1.807) is 0 Å². The summed E-state index contributed by atoms with van der Waals surface area (Å²) in [5.41, 5.74) is 0. The summed E-state index contributed by atoms with van der Waals surface area (Å²) < 4.78 is 0. The lowest BCUT2D eigenvalue weighted by atomic mass is 10.2. The number of hydrogen-bond acceptors (Lipinski definition) is 4. The molecular weight excluding hydrogens is 166 g/mol. The van der Waals surface area contributed by atoms with Crippen LogP contribution in [0, 0.1) is 10.1 Å². The van der Waals surface area contributed by atoms with Crippen LogP contribution in [0.5, 0.6) is 0 Å². The molecule has 0 aliphatic rings. The van der Waals surface area contributed by atoms with Crippen LogP contribution in [0.4, 0.5) is 0 Å². The fourth-order valence-electron chi connectivity index (χ4n) is 0.517. The number of carbonyl (C=O) groups is 1. The van der Waals surface area contributed by atoms with Gasteiger partial charge in [-0.15, -0.1) is 10.1 Å². The first kappa shape index (κ1) is 13.3. The van der Waals surface area contributed by atoms with Gasteiger partial charge in [0.05, 0.1) is 6.61 Å². The second-order valence-corrected chi connectivity index (χ2v) is 1.91. The third-order valence-electron chi connectivity index (χ3n) is 0.982. The monoisotopic (exact) mass is 179 g/mol. The maximum Gasteiger partial charge on any atom is 0.303 e. The Morgan fingerprint density at radius 1 is 1.50 bits per heavy atom. The minimum atomic E-state index is -0.897. The maximum absolute atomic E-state index is 9.92. The predicted octanol–water partition coefficient (Wildman–Crippen LogP) is 1.09. The standard InChI is InChI=1S/C5H9NO5.CH4/c7-5(8)3-1-2-4-11-6(9)10;/h1-4H2,(H,7,8);1H4. The summed E-state index contributed by atoms with van der Waals surface area (Å²) in [7, 11) is 0. The Morgan fingerprint density at radius 3 is 2.50 bits per heavy atom. The molecule has 12 heavy (non-hydrogen) atoms. The van der Waals surface area contributed by atoms with Crippen LogP contribution in [-0.2, 0) is 9.63 Å². The van der Waals surface area contributed by atoms with Gasteiger partial charge in [-0.2, -0.15) is 0 Å². The highest BCUT2D eigenvalue weighted by molar-refractivity contribution is 5.66. The molecule has 0 aromatic carbocycles. The van der Waals surface area contributed by atoms with Crippen molar-refractivity contribution < 1.29 is 19.8 Å². The largest absolute Gasteiger partial charge is 0.481 e. The number of aliphatic carboxylic acids is 1. The van der Waals surface area contributed by atoms with Crippen molar-refractivity contribution in [3.05, 3.63) is 10.1 Å². The van der Waals surface area contributed by atoms with Crippen LogP contribution in [0.3, 0.4) is 0 Å². The first-order valence-corrected chi connectivity index (χ1v) is 3.12. The molecule has 0 saturated heterocycles. The lowest BCUT2D eigenvalue weighted by Crippen LogP contribution is -2.03. The van der Waals surface area contributed by atoms with Crippen molar-refractivity contribution in [3.8, 4) is 0 Å². The number of carboxylic acid groups (broad SMARTS) is 1. The van der Waals surface area contributed by atoms with Crippen LogP contribution >= 0.6 is 0 Å². The average molecular weight is 179 g/mol. The van der Waals surface area contributed by atoms with Gasteiger partial charge in [0.25, 0.3) is 5.09 Å². The van der Waals surface area contributed by atoms with E-state index in [0.29, 0.717) is 12.8 Å². The molecule has 0 radical (unpaired) electrons. The van der Waals surface area contributed by atoms with Gasteiger partial charge < -0.3 is 9.94 Å². The summed E-state index contributed by atoms with van der Waals surface area (Å²) in [6, 6.07) is 0. The van der Waals surface area contributed by atoms with Crippen molar-refractivity contribution in [3.63, 3.8) is 0 Å². The van der Waals surface area contributed by atoms with Gasteiger partial charge in [-0.3, -0.25) is 4.79 Å². The molecule has 0 aromatic heterocycles. The second-order valence-electron chi connectivity index (χ2n) is 1.91. The molecule has 0 rings (SSSR count). The Bertz CT molecular complexity index is 131. The van der Waals surface area contributed by atoms with E-state index in [2.05, 4.69) is 4.84 Å². The van der Waals surface area contributed by atoms with E-state index in [0.717, 1.165) is 0 Å². The molecule has 0 amide bonds. The molecule has 0 fully saturated rings. The summed E-state index contributed by atoms with van der Waals surface area (Å²) >= 11 is 0. The van der Waals surface area contributed by atoms with Gasteiger partial charge >= 0.3 is 5.97 Å². The van der Waals surface area contributed by atoms with E-state index in [-0.39, 0.29) is 20.5 Å². The van der Waals surface area contributed by atoms with E-state index in [9.17, 15) is 14.9 Å². The fraction of sp³-hybridized carbons (Fsp3) is 0.833. The Balaban J connectivity index is 0. The molecule has 72 valence electrons. The summed E-state index contributed by atoms with van der Waals surface area (Å²) in [5, 5.41) is 16.8. The van der Waals surface area contributed by atoms with Gasteiger partial charge in [-0.05, 0) is 12.8 Å². The quantitative estimate of drug-likeness (QED) is 0.374. The highest BCUT2D eigenvalue weighted by Gasteiger charge is 1.97. The Morgan fingerprint density at radius 2 is 2.08 bits per heavy atom. The van der Waals surface area contributed by atoms with E-state index in [4.69, 9.17) is 5.11 Å². The topological polar surface area (TPSA) is 89.7 Å². The molecule has 0 spiro atoms. The molecule has 0 atom stereocenters. The Hall–Kier alpha value is -1.33. The number of carboxylic acids is 1. The Kier molecular flexibility index (Phi) is 8.60. The summed E-state index contributed by atoms with van der Waals surface area (Å²) in [4.78, 5) is 23.4. The normalized spacial score (nSPS) is 8.33. The fourth-order valence-corrected chi connectivity index (χ4v) is 0.517. The molecule has 0 saturated carbocycles. The molecule has 1 N–H and O–H groups in total. The van der Waals surface area contributed by atoms with Crippen molar-refractivity contribution in [1.82, 2.24) is 0 Å². The van der Waals surface area contributed by atoms with Gasteiger partial charge in [-0.25, -0.2) is 0 Å². The SMILES string of the molecule is C.O=C(O)CCCCO[N+](=O)[O-]. The minimum Gasteiger partial charge on any atom is -0.481 e. The number of hydrogen-bond donors (Lipinski definition) is 1. The first-order valence-electron chi connectivity index (χ1n) is 3.12. The van der Waals surface area contributed by atoms with E-state index in [1.165, 1.54) is 0 Å². The van der Waals surface area contributed by atoms with Crippen molar-refractivity contribution in [2.75, 3.05) is 6.61 Å². The van der Waals surface area contributed by atoms with Crippen molar-refractivity contribution >= 4 is 5.97 Å². The van der Waals surface area contributed by atoms with Crippen LogP contribution < -0.4 is 0 Å². The van der Waals surface area contributed by atoms with Gasteiger partial charge in [-0.1, -0.05) is 7.43 Å². The zero-order valence-corrected chi connectivity index (χ0v) is 5.86. The third-order valence-corrected chi connectivity index (χ3v) is 0.982. The van der Waals surface area contributed by atoms with E-state index < -0.39 is 11.1 Å². The lowest BCUT2D eigenvalue weighted by Gasteiger charge is -1.95. The van der Waals surface area contributed by atoms with Crippen molar-refractivity contribution in [1.29, 1.82) is 0 Å². The zero-order chi connectivity index (χ0) is 8.69. The first-order chi connectivity index (χ1) is 5.13. The summed E-state index contributed by atoms with van der Waals surface area (Å²) in [5.74, 6) is -0.897. The third kappa shape index (κ3) is 11.5. The van der Waals surface area contributed by atoms with Gasteiger partial charge in [0.15, 0.2) is 0 Å². The maximum atomic E-state index is 9.92. The number of unbranched alkanes of at least 4 members (excludes halogenated alkanes) is 1. The van der Waals surface area contributed by atoms with Crippen LogP contribution in [0.25, 0.3) is 0 Å².